The van der Waals surface area contributed by atoms with Crippen LogP contribution in [0.25, 0.3) is 0 Å². The number of aliphatic hydroxyl groups is 1. The first-order valence-electron chi connectivity index (χ1n) is 8.01. The standard InChI is InChI=1S/C18H29NO3.ClH/c1-13-8-14(2)15(3)17(9-13)22-11-16(20)10-19-6-7-21-12-18(19,4)5;/h8-9,16,20H,6-7,10-12H2,1-5H3;1H. The molecule has 0 bridgehead atoms. The van der Waals surface area contributed by atoms with Crippen molar-refractivity contribution in [3.63, 3.8) is 0 Å². The molecule has 2 rings (SSSR count). The van der Waals surface area contributed by atoms with Crippen molar-refractivity contribution in [3.8, 4) is 5.75 Å². The molecule has 1 aliphatic rings. The number of rotatable bonds is 5. The van der Waals surface area contributed by atoms with Gasteiger partial charge >= 0.3 is 0 Å². The summed E-state index contributed by atoms with van der Waals surface area (Å²) in [7, 11) is 0. The van der Waals surface area contributed by atoms with Crippen LogP contribution in [0.1, 0.15) is 30.5 Å². The van der Waals surface area contributed by atoms with Crippen molar-refractivity contribution in [1.82, 2.24) is 4.90 Å². The minimum Gasteiger partial charge on any atom is -0.491 e. The van der Waals surface area contributed by atoms with Gasteiger partial charge in [-0.25, -0.2) is 0 Å². The number of halogens is 1. The number of hydrogen-bond donors (Lipinski definition) is 1. The van der Waals surface area contributed by atoms with Crippen LogP contribution in [-0.2, 0) is 4.74 Å². The van der Waals surface area contributed by atoms with Crippen molar-refractivity contribution in [1.29, 1.82) is 0 Å². The van der Waals surface area contributed by atoms with Gasteiger partial charge in [0.15, 0.2) is 0 Å². The van der Waals surface area contributed by atoms with Crippen molar-refractivity contribution in [2.75, 3.05) is 32.9 Å². The number of benzene rings is 1. The molecule has 0 saturated carbocycles. The molecule has 1 N–H and O–H groups in total. The summed E-state index contributed by atoms with van der Waals surface area (Å²) in [6, 6.07) is 4.18. The highest BCUT2D eigenvalue weighted by Crippen LogP contribution is 2.24. The molecule has 23 heavy (non-hydrogen) atoms. The molecule has 132 valence electrons. The van der Waals surface area contributed by atoms with E-state index >= 15 is 0 Å². The Hall–Kier alpha value is -0.810. The normalized spacial score (nSPS) is 19.0. The summed E-state index contributed by atoms with van der Waals surface area (Å²) in [6.45, 7) is 13.7. The molecule has 0 aliphatic carbocycles. The van der Waals surface area contributed by atoms with Gasteiger partial charge in [-0.05, 0) is 57.4 Å². The molecule has 0 radical (unpaired) electrons. The first-order chi connectivity index (χ1) is 10.3. The van der Waals surface area contributed by atoms with Gasteiger partial charge in [-0.3, -0.25) is 4.90 Å². The highest BCUT2D eigenvalue weighted by molar-refractivity contribution is 5.85. The van der Waals surface area contributed by atoms with E-state index in [2.05, 4.69) is 45.6 Å². The van der Waals surface area contributed by atoms with Crippen LogP contribution in [0.4, 0.5) is 0 Å². The summed E-state index contributed by atoms with van der Waals surface area (Å²) in [6.07, 6.45) is -0.502. The zero-order chi connectivity index (χ0) is 16.3. The van der Waals surface area contributed by atoms with Gasteiger partial charge in [-0.15, -0.1) is 12.4 Å². The van der Waals surface area contributed by atoms with Crippen LogP contribution in [-0.4, -0.2) is 54.6 Å². The number of aryl methyl sites for hydroxylation is 2. The maximum absolute atomic E-state index is 10.3. The minimum absolute atomic E-state index is 0. The average molecular weight is 344 g/mol. The molecule has 1 aromatic carbocycles. The summed E-state index contributed by atoms with van der Waals surface area (Å²) in [5, 5.41) is 10.3. The van der Waals surface area contributed by atoms with Gasteiger partial charge in [0.1, 0.15) is 18.5 Å². The molecule has 1 saturated heterocycles. The summed E-state index contributed by atoms with van der Waals surface area (Å²) in [4.78, 5) is 2.28. The third kappa shape index (κ3) is 5.35. The minimum atomic E-state index is -0.502. The number of nitrogens with zero attached hydrogens (tertiary/aromatic N) is 1. The van der Waals surface area contributed by atoms with Crippen LogP contribution in [0, 0.1) is 20.8 Å². The lowest BCUT2D eigenvalue weighted by molar-refractivity contribution is -0.0703. The third-order valence-corrected chi connectivity index (χ3v) is 4.44. The molecule has 1 fully saturated rings. The first-order valence-corrected chi connectivity index (χ1v) is 8.01. The largest absolute Gasteiger partial charge is 0.491 e. The Morgan fingerprint density at radius 2 is 2.00 bits per heavy atom. The van der Waals surface area contributed by atoms with Crippen LogP contribution in [0.2, 0.25) is 0 Å². The average Bonchev–Trinajstić information content (AvgIpc) is 2.43. The molecule has 1 aromatic rings. The van der Waals surface area contributed by atoms with Crippen molar-refractivity contribution < 1.29 is 14.6 Å². The zero-order valence-corrected chi connectivity index (χ0v) is 15.7. The molecule has 1 unspecified atom stereocenters. The molecule has 1 heterocycles. The Labute approximate surface area is 146 Å². The topological polar surface area (TPSA) is 41.9 Å². The highest BCUT2D eigenvalue weighted by Gasteiger charge is 2.31. The molecule has 0 aromatic heterocycles. The predicted octanol–water partition coefficient (Wildman–Crippen LogP) is 2.88. The zero-order valence-electron chi connectivity index (χ0n) is 14.9. The summed E-state index contributed by atoms with van der Waals surface area (Å²) < 4.78 is 11.4. The van der Waals surface area contributed by atoms with Crippen molar-refractivity contribution in [2.24, 2.45) is 0 Å². The van der Waals surface area contributed by atoms with E-state index in [-0.39, 0.29) is 17.9 Å². The lowest BCUT2D eigenvalue weighted by Gasteiger charge is -2.42. The quantitative estimate of drug-likeness (QED) is 0.892. The van der Waals surface area contributed by atoms with Crippen molar-refractivity contribution in [3.05, 3.63) is 28.8 Å². The highest BCUT2D eigenvalue weighted by atomic mass is 35.5. The molecule has 4 nitrogen and oxygen atoms in total. The number of aliphatic hydroxyl groups excluding tert-OH is 1. The molecule has 1 atom stereocenters. The SMILES string of the molecule is Cc1cc(C)c(C)c(OCC(O)CN2CCOCC2(C)C)c1.Cl. The predicted molar refractivity (Wildman–Crippen MR) is 95.9 cm³/mol. The Kier molecular flexibility index (Phi) is 7.33. The van der Waals surface area contributed by atoms with Gasteiger partial charge in [-0.2, -0.15) is 0 Å². The molecular weight excluding hydrogens is 314 g/mol. The van der Waals surface area contributed by atoms with Gasteiger partial charge in [0.05, 0.1) is 13.2 Å². The van der Waals surface area contributed by atoms with E-state index in [1.54, 1.807) is 0 Å². The lowest BCUT2D eigenvalue weighted by Crippen LogP contribution is -2.55. The molecule has 1 aliphatic heterocycles. The van der Waals surface area contributed by atoms with E-state index in [0.29, 0.717) is 19.8 Å². The Bertz CT molecular complexity index is 519. The second-order valence-electron chi connectivity index (χ2n) is 6.98. The molecule has 5 heteroatoms. The number of hydrogen-bond acceptors (Lipinski definition) is 4. The smallest absolute Gasteiger partial charge is 0.122 e. The van der Waals surface area contributed by atoms with Gasteiger partial charge in [0, 0.05) is 18.6 Å². The second-order valence-corrected chi connectivity index (χ2v) is 6.98. The number of ether oxygens (including phenoxy) is 2. The first kappa shape index (κ1) is 20.2. The Morgan fingerprint density at radius 3 is 2.65 bits per heavy atom. The van der Waals surface area contributed by atoms with E-state index in [1.165, 1.54) is 11.1 Å². The van der Waals surface area contributed by atoms with Crippen LogP contribution in [0.5, 0.6) is 5.75 Å². The van der Waals surface area contributed by atoms with Crippen LogP contribution < -0.4 is 4.74 Å². The van der Waals surface area contributed by atoms with E-state index in [4.69, 9.17) is 9.47 Å². The molecule has 0 spiro atoms. The Morgan fingerprint density at radius 1 is 1.30 bits per heavy atom. The van der Waals surface area contributed by atoms with Crippen LogP contribution in [0.15, 0.2) is 12.1 Å². The molecular formula is C18H30ClNO3. The monoisotopic (exact) mass is 343 g/mol. The van der Waals surface area contributed by atoms with Gasteiger partial charge in [0.25, 0.3) is 0 Å². The van der Waals surface area contributed by atoms with Crippen LogP contribution >= 0.6 is 12.4 Å². The van der Waals surface area contributed by atoms with Gasteiger partial charge < -0.3 is 14.6 Å². The maximum Gasteiger partial charge on any atom is 0.122 e. The summed E-state index contributed by atoms with van der Waals surface area (Å²) in [5.74, 6) is 0.873. The van der Waals surface area contributed by atoms with Crippen molar-refractivity contribution >= 4 is 12.4 Å². The fourth-order valence-corrected chi connectivity index (χ4v) is 2.87. The summed E-state index contributed by atoms with van der Waals surface area (Å²) >= 11 is 0. The van der Waals surface area contributed by atoms with Gasteiger partial charge in [0.2, 0.25) is 0 Å². The molecule has 0 amide bonds. The van der Waals surface area contributed by atoms with Gasteiger partial charge in [-0.1, -0.05) is 6.07 Å². The summed E-state index contributed by atoms with van der Waals surface area (Å²) in [5.41, 5.74) is 3.51. The maximum atomic E-state index is 10.3. The van der Waals surface area contributed by atoms with E-state index in [0.717, 1.165) is 24.5 Å². The van der Waals surface area contributed by atoms with Crippen LogP contribution in [0.3, 0.4) is 0 Å². The third-order valence-electron chi connectivity index (χ3n) is 4.44. The fourth-order valence-electron chi connectivity index (χ4n) is 2.87. The van der Waals surface area contributed by atoms with E-state index in [1.807, 2.05) is 6.07 Å². The lowest BCUT2D eigenvalue weighted by atomic mass is 10.0. The van der Waals surface area contributed by atoms with E-state index in [9.17, 15) is 5.11 Å². The Balaban J connectivity index is 0.00000264. The number of morpholine rings is 1. The van der Waals surface area contributed by atoms with Crippen molar-refractivity contribution in [2.45, 2.75) is 46.3 Å². The van der Waals surface area contributed by atoms with E-state index < -0.39 is 6.10 Å². The number of β-amino-alcohol motifs (C(OH)–C–C–N with tert-alkyl or cyclic N) is 1. The fraction of sp³-hybridized carbons (Fsp3) is 0.667. The second kappa shape index (κ2) is 8.34.